The standard InChI is InChI=1S/C21H21F3N2O2/c1-12-4-2-3-5-16(12)25-20(27)13-6-8-14(9-7-13)21(28)26-17-11-10-15(22)18(23)19(17)24/h2-5,10-11,13-14H,6-9H2,1H3,(H,25,27)(H,26,28). The molecule has 2 amide bonds. The van der Waals surface area contributed by atoms with Crippen molar-refractivity contribution in [3.63, 3.8) is 0 Å². The Bertz CT molecular complexity index is 893. The number of hydrogen-bond donors (Lipinski definition) is 2. The second kappa shape index (κ2) is 8.46. The van der Waals surface area contributed by atoms with Gasteiger partial charge in [-0.15, -0.1) is 0 Å². The van der Waals surface area contributed by atoms with E-state index in [1.54, 1.807) is 0 Å². The molecule has 0 heterocycles. The maximum atomic E-state index is 13.7. The third-order valence-corrected chi connectivity index (χ3v) is 5.16. The Labute approximate surface area is 161 Å². The molecule has 0 saturated heterocycles. The molecule has 148 valence electrons. The van der Waals surface area contributed by atoms with E-state index in [-0.39, 0.29) is 17.5 Å². The zero-order valence-corrected chi connectivity index (χ0v) is 15.4. The number of carbonyl (C=O) groups is 2. The first-order chi connectivity index (χ1) is 13.4. The van der Waals surface area contributed by atoms with Gasteiger partial charge in [0.1, 0.15) is 0 Å². The highest BCUT2D eigenvalue weighted by atomic mass is 19.2. The summed E-state index contributed by atoms with van der Waals surface area (Å²) in [7, 11) is 0. The number of rotatable bonds is 4. The number of para-hydroxylation sites is 1. The summed E-state index contributed by atoms with van der Waals surface area (Å²) in [6.45, 7) is 1.91. The van der Waals surface area contributed by atoms with E-state index < -0.39 is 29.3 Å². The van der Waals surface area contributed by atoms with Crippen molar-refractivity contribution >= 4 is 23.2 Å². The maximum Gasteiger partial charge on any atom is 0.227 e. The van der Waals surface area contributed by atoms with Crippen molar-refractivity contribution in [2.75, 3.05) is 10.6 Å². The lowest BCUT2D eigenvalue weighted by atomic mass is 9.81. The Hall–Kier alpha value is -2.83. The minimum Gasteiger partial charge on any atom is -0.326 e. The number of hydrogen-bond acceptors (Lipinski definition) is 2. The van der Waals surface area contributed by atoms with Gasteiger partial charge in [-0.2, -0.15) is 0 Å². The van der Waals surface area contributed by atoms with Crippen LogP contribution < -0.4 is 10.6 Å². The van der Waals surface area contributed by atoms with Crippen molar-refractivity contribution in [3.05, 3.63) is 59.4 Å². The van der Waals surface area contributed by atoms with Gasteiger partial charge in [-0.05, 0) is 56.4 Å². The van der Waals surface area contributed by atoms with Crippen LogP contribution >= 0.6 is 0 Å². The first kappa shape index (κ1) is 19.9. The SMILES string of the molecule is Cc1ccccc1NC(=O)C1CCC(C(=O)Nc2ccc(F)c(F)c2F)CC1. The molecule has 1 aliphatic carbocycles. The van der Waals surface area contributed by atoms with Gasteiger partial charge in [0, 0.05) is 17.5 Å². The topological polar surface area (TPSA) is 58.2 Å². The highest BCUT2D eigenvalue weighted by Gasteiger charge is 2.30. The van der Waals surface area contributed by atoms with Crippen molar-refractivity contribution in [1.82, 2.24) is 0 Å². The fraction of sp³-hybridized carbons (Fsp3) is 0.333. The number of anilines is 2. The molecule has 7 heteroatoms. The van der Waals surface area contributed by atoms with E-state index in [0.29, 0.717) is 25.7 Å². The van der Waals surface area contributed by atoms with Crippen LogP contribution in [0.1, 0.15) is 31.2 Å². The molecule has 0 aliphatic heterocycles. The third kappa shape index (κ3) is 4.35. The first-order valence-corrected chi connectivity index (χ1v) is 9.17. The lowest BCUT2D eigenvalue weighted by Crippen LogP contribution is -2.32. The minimum atomic E-state index is -1.62. The van der Waals surface area contributed by atoms with Gasteiger partial charge < -0.3 is 10.6 Å². The number of nitrogens with one attached hydrogen (secondary N) is 2. The van der Waals surface area contributed by atoms with E-state index in [4.69, 9.17) is 0 Å². The Morgan fingerprint density at radius 2 is 1.32 bits per heavy atom. The average molecular weight is 390 g/mol. The van der Waals surface area contributed by atoms with Crippen LogP contribution in [0.5, 0.6) is 0 Å². The first-order valence-electron chi connectivity index (χ1n) is 9.17. The van der Waals surface area contributed by atoms with Crippen LogP contribution in [0.15, 0.2) is 36.4 Å². The van der Waals surface area contributed by atoms with Gasteiger partial charge in [-0.1, -0.05) is 18.2 Å². The molecule has 3 rings (SSSR count). The van der Waals surface area contributed by atoms with Crippen molar-refractivity contribution < 1.29 is 22.8 Å². The fourth-order valence-electron chi connectivity index (χ4n) is 3.42. The monoisotopic (exact) mass is 390 g/mol. The smallest absolute Gasteiger partial charge is 0.227 e. The summed E-state index contributed by atoms with van der Waals surface area (Å²) < 4.78 is 40.0. The molecule has 28 heavy (non-hydrogen) atoms. The molecule has 1 saturated carbocycles. The zero-order chi connectivity index (χ0) is 20.3. The Morgan fingerprint density at radius 1 is 0.786 bits per heavy atom. The van der Waals surface area contributed by atoms with Gasteiger partial charge in [-0.25, -0.2) is 13.2 Å². The van der Waals surface area contributed by atoms with Gasteiger partial charge >= 0.3 is 0 Å². The number of aryl methyl sites for hydroxylation is 1. The molecule has 1 aliphatic rings. The second-order valence-corrected chi connectivity index (χ2v) is 7.06. The number of carbonyl (C=O) groups excluding carboxylic acids is 2. The molecule has 2 aromatic rings. The molecule has 0 aromatic heterocycles. The van der Waals surface area contributed by atoms with E-state index in [1.165, 1.54) is 0 Å². The van der Waals surface area contributed by atoms with Crippen LogP contribution in [-0.4, -0.2) is 11.8 Å². The average Bonchev–Trinajstić information content (AvgIpc) is 2.70. The molecule has 4 nitrogen and oxygen atoms in total. The maximum absolute atomic E-state index is 13.7. The molecular formula is C21H21F3N2O2. The molecule has 2 aromatic carbocycles. The predicted octanol–water partition coefficient (Wildman–Crippen LogP) is 4.80. The van der Waals surface area contributed by atoms with E-state index in [0.717, 1.165) is 23.4 Å². The van der Waals surface area contributed by atoms with Crippen LogP contribution in [-0.2, 0) is 9.59 Å². The van der Waals surface area contributed by atoms with Crippen molar-refractivity contribution in [2.24, 2.45) is 11.8 Å². The summed E-state index contributed by atoms with van der Waals surface area (Å²) in [6.07, 6.45) is 1.97. The van der Waals surface area contributed by atoms with Gasteiger partial charge in [0.05, 0.1) is 5.69 Å². The zero-order valence-electron chi connectivity index (χ0n) is 15.4. The molecular weight excluding hydrogens is 369 g/mol. The molecule has 0 bridgehead atoms. The van der Waals surface area contributed by atoms with E-state index in [2.05, 4.69) is 10.6 Å². The van der Waals surface area contributed by atoms with Crippen molar-refractivity contribution in [2.45, 2.75) is 32.6 Å². The minimum absolute atomic E-state index is 0.0835. The number of benzene rings is 2. The van der Waals surface area contributed by atoms with Crippen molar-refractivity contribution in [3.8, 4) is 0 Å². The lowest BCUT2D eigenvalue weighted by Gasteiger charge is -2.27. The van der Waals surface area contributed by atoms with Crippen LogP contribution in [0.2, 0.25) is 0 Å². The largest absolute Gasteiger partial charge is 0.326 e. The van der Waals surface area contributed by atoms with Crippen LogP contribution in [0.3, 0.4) is 0 Å². The molecule has 0 spiro atoms. The van der Waals surface area contributed by atoms with E-state index in [1.807, 2.05) is 31.2 Å². The molecule has 0 unspecified atom stereocenters. The molecule has 0 atom stereocenters. The summed E-state index contributed by atoms with van der Waals surface area (Å²) in [6, 6.07) is 9.25. The molecule has 2 N–H and O–H groups in total. The number of halogens is 3. The summed E-state index contributed by atoms with van der Waals surface area (Å²) in [4.78, 5) is 24.8. The highest BCUT2D eigenvalue weighted by molar-refractivity contribution is 5.95. The van der Waals surface area contributed by atoms with E-state index in [9.17, 15) is 22.8 Å². The fourth-order valence-corrected chi connectivity index (χ4v) is 3.42. The van der Waals surface area contributed by atoms with Crippen LogP contribution in [0.25, 0.3) is 0 Å². The van der Waals surface area contributed by atoms with Gasteiger partial charge in [0.25, 0.3) is 0 Å². The van der Waals surface area contributed by atoms with Gasteiger partial charge in [-0.3, -0.25) is 9.59 Å². The summed E-state index contributed by atoms with van der Waals surface area (Å²) in [5.41, 5.74) is 1.35. The van der Waals surface area contributed by atoms with Crippen molar-refractivity contribution in [1.29, 1.82) is 0 Å². The Balaban J connectivity index is 1.55. The quantitative estimate of drug-likeness (QED) is 0.737. The summed E-state index contributed by atoms with van der Waals surface area (Å²) in [5.74, 6) is -5.49. The summed E-state index contributed by atoms with van der Waals surface area (Å²) in [5, 5.41) is 5.23. The number of amides is 2. The highest BCUT2D eigenvalue weighted by Crippen LogP contribution is 2.31. The molecule has 0 radical (unpaired) electrons. The third-order valence-electron chi connectivity index (χ3n) is 5.16. The predicted molar refractivity (Wildman–Crippen MR) is 100 cm³/mol. The normalized spacial score (nSPS) is 19.1. The van der Waals surface area contributed by atoms with Gasteiger partial charge in [0.15, 0.2) is 17.5 Å². The Kier molecular flexibility index (Phi) is 6.02. The molecule has 1 fully saturated rings. The van der Waals surface area contributed by atoms with E-state index >= 15 is 0 Å². The lowest BCUT2D eigenvalue weighted by molar-refractivity contribution is -0.125. The van der Waals surface area contributed by atoms with Crippen LogP contribution in [0.4, 0.5) is 24.5 Å². The van der Waals surface area contributed by atoms with Gasteiger partial charge in [0.2, 0.25) is 11.8 Å². The second-order valence-electron chi connectivity index (χ2n) is 7.06. The summed E-state index contributed by atoms with van der Waals surface area (Å²) >= 11 is 0. The van der Waals surface area contributed by atoms with Crippen LogP contribution in [0, 0.1) is 36.2 Å². The Morgan fingerprint density at radius 3 is 1.89 bits per heavy atom.